The zero-order valence-corrected chi connectivity index (χ0v) is 13.1. The van der Waals surface area contributed by atoms with E-state index < -0.39 is 0 Å². The van der Waals surface area contributed by atoms with E-state index in [1.807, 2.05) is 19.1 Å². The number of hydrogen-bond acceptors (Lipinski definition) is 5. The molecular weight excluding hydrogens is 288 g/mol. The first-order valence-electron chi connectivity index (χ1n) is 7.44. The normalized spacial score (nSPS) is 14.0. The molecule has 0 bridgehead atoms. The Morgan fingerprint density at radius 1 is 1.35 bits per heavy atom. The van der Waals surface area contributed by atoms with Gasteiger partial charge in [0.25, 0.3) is 0 Å². The number of fused-ring (bicyclic) bond motifs is 3. The number of nitrogens with two attached hydrogens (primary N) is 2. The predicted molar refractivity (Wildman–Crippen MR) is 92.9 cm³/mol. The zero-order valence-electron chi connectivity index (χ0n) is 13.1. The number of anilines is 1. The van der Waals surface area contributed by atoms with E-state index in [9.17, 15) is 0 Å². The molecule has 6 heteroatoms. The van der Waals surface area contributed by atoms with Crippen LogP contribution in [0.25, 0.3) is 11.3 Å². The summed E-state index contributed by atoms with van der Waals surface area (Å²) in [4.78, 5) is 0. The molecule has 2 heterocycles. The fourth-order valence-corrected chi connectivity index (χ4v) is 2.69. The minimum atomic E-state index is 0.488. The van der Waals surface area contributed by atoms with Crippen molar-refractivity contribution in [2.75, 3.05) is 11.9 Å². The number of nitrogens with one attached hydrogen (secondary N) is 1. The summed E-state index contributed by atoms with van der Waals surface area (Å²) in [5.41, 5.74) is 15.8. The lowest BCUT2D eigenvalue weighted by Gasteiger charge is -2.13. The maximum Gasteiger partial charge on any atom is 0.139 e. The minimum absolute atomic E-state index is 0.488. The summed E-state index contributed by atoms with van der Waals surface area (Å²) in [7, 11) is 0. The van der Waals surface area contributed by atoms with Gasteiger partial charge in [0.2, 0.25) is 0 Å². The van der Waals surface area contributed by atoms with E-state index in [1.54, 1.807) is 12.3 Å². The number of nitrogens with zero attached hydrogens (tertiary/aromatic N) is 3. The summed E-state index contributed by atoms with van der Waals surface area (Å²) < 4.78 is 2.09. The number of allylic oxidation sites excluding steroid dienone is 3. The largest absolute Gasteiger partial charge is 0.404 e. The van der Waals surface area contributed by atoms with E-state index in [1.165, 1.54) is 0 Å². The first-order chi connectivity index (χ1) is 11.1. The molecule has 6 nitrogen and oxygen atoms in total. The van der Waals surface area contributed by atoms with Crippen molar-refractivity contribution in [2.24, 2.45) is 11.5 Å². The van der Waals surface area contributed by atoms with Crippen molar-refractivity contribution in [2.45, 2.75) is 13.3 Å². The molecule has 118 valence electrons. The van der Waals surface area contributed by atoms with Crippen LogP contribution >= 0.6 is 0 Å². The summed E-state index contributed by atoms with van der Waals surface area (Å²) in [6, 6.07) is 6.15. The average molecular weight is 308 g/mol. The molecule has 0 saturated heterocycles. The summed E-state index contributed by atoms with van der Waals surface area (Å²) in [5, 5.41) is 11.9. The van der Waals surface area contributed by atoms with Crippen LogP contribution in [0, 0.1) is 6.92 Å². The minimum Gasteiger partial charge on any atom is -0.404 e. The Hall–Kier alpha value is -3.02. The Morgan fingerprint density at radius 2 is 2.17 bits per heavy atom. The van der Waals surface area contributed by atoms with Crippen LogP contribution in [0.4, 0.5) is 5.69 Å². The molecule has 0 saturated carbocycles. The highest BCUT2D eigenvalue weighted by Crippen LogP contribution is 2.29. The molecule has 0 unspecified atom stereocenters. The van der Waals surface area contributed by atoms with Crippen LogP contribution < -0.4 is 16.8 Å². The van der Waals surface area contributed by atoms with Crippen molar-refractivity contribution in [3.8, 4) is 5.69 Å². The van der Waals surface area contributed by atoms with Gasteiger partial charge in [-0.15, -0.1) is 10.2 Å². The molecule has 5 N–H and O–H groups in total. The first-order valence-corrected chi connectivity index (χ1v) is 7.44. The molecule has 1 aromatic heterocycles. The van der Waals surface area contributed by atoms with Gasteiger partial charge in [-0.1, -0.05) is 18.7 Å². The topological polar surface area (TPSA) is 94.8 Å². The second-order valence-corrected chi connectivity index (χ2v) is 5.44. The fraction of sp³-hybridized carbons (Fsp3) is 0.176. The number of benzene rings is 1. The van der Waals surface area contributed by atoms with Gasteiger partial charge >= 0.3 is 0 Å². The first kappa shape index (κ1) is 14.9. The Kier molecular flexibility index (Phi) is 3.89. The van der Waals surface area contributed by atoms with Crippen LogP contribution in [-0.2, 0) is 6.42 Å². The molecule has 1 aliphatic heterocycles. The molecule has 0 fully saturated rings. The van der Waals surface area contributed by atoms with Crippen LogP contribution in [0.2, 0.25) is 0 Å². The monoisotopic (exact) mass is 308 g/mol. The fourth-order valence-electron chi connectivity index (χ4n) is 2.69. The third-order valence-electron chi connectivity index (χ3n) is 3.78. The summed E-state index contributed by atoms with van der Waals surface area (Å²) in [6.45, 7) is 6.43. The van der Waals surface area contributed by atoms with Gasteiger partial charge in [-0.05, 0) is 36.3 Å². The average Bonchev–Trinajstić information content (AvgIpc) is 2.79. The quantitative estimate of drug-likeness (QED) is 0.752. The van der Waals surface area contributed by atoms with Crippen molar-refractivity contribution in [3.05, 3.63) is 66.0 Å². The summed E-state index contributed by atoms with van der Waals surface area (Å²) in [5.74, 6) is 1.85. The Labute approximate surface area is 135 Å². The van der Waals surface area contributed by atoms with Crippen molar-refractivity contribution in [1.82, 2.24) is 14.8 Å². The van der Waals surface area contributed by atoms with Crippen LogP contribution in [-0.4, -0.2) is 21.3 Å². The Bertz CT molecular complexity index is 812. The molecule has 23 heavy (non-hydrogen) atoms. The molecule has 0 aliphatic carbocycles. The van der Waals surface area contributed by atoms with Crippen molar-refractivity contribution in [3.63, 3.8) is 0 Å². The molecule has 0 atom stereocenters. The maximum absolute atomic E-state index is 5.75. The third kappa shape index (κ3) is 2.83. The highest BCUT2D eigenvalue weighted by atomic mass is 15.3. The molecule has 1 aromatic carbocycles. The second kappa shape index (κ2) is 6.00. The van der Waals surface area contributed by atoms with Gasteiger partial charge in [-0.2, -0.15) is 0 Å². The number of aryl methyl sites for hydroxylation is 1. The van der Waals surface area contributed by atoms with Crippen LogP contribution in [0.15, 0.2) is 48.8 Å². The number of aromatic nitrogens is 3. The van der Waals surface area contributed by atoms with Crippen LogP contribution in [0.3, 0.4) is 0 Å². The van der Waals surface area contributed by atoms with Crippen LogP contribution in [0.1, 0.15) is 17.2 Å². The van der Waals surface area contributed by atoms with E-state index >= 15 is 0 Å². The molecule has 0 amide bonds. The molecule has 2 aromatic rings. The maximum atomic E-state index is 5.75. The summed E-state index contributed by atoms with van der Waals surface area (Å²) in [6.07, 6.45) is 5.99. The zero-order chi connectivity index (χ0) is 16.4. The Balaban J connectivity index is 2.05. The van der Waals surface area contributed by atoms with E-state index in [2.05, 4.69) is 38.8 Å². The van der Waals surface area contributed by atoms with E-state index in [-0.39, 0.29) is 0 Å². The molecule has 0 radical (unpaired) electrons. The van der Waals surface area contributed by atoms with Gasteiger partial charge in [0.1, 0.15) is 11.6 Å². The van der Waals surface area contributed by atoms with Gasteiger partial charge in [0, 0.05) is 24.9 Å². The molecular formula is C17H20N6. The lowest BCUT2D eigenvalue weighted by Crippen LogP contribution is -2.03. The summed E-state index contributed by atoms with van der Waals surface area (Å²) >= 11 is 0. The SMILES string of the molecule is C=C(N)/C=C\C(=C/N)c1ccc2c(c1)NCCc1nnc(C)n1-2. The van der Waals surface area contributed by atoms with E-state index in [4.69, 9.17) is 11.5 Å². The highest BCUT2D eigenvalue weighted by molar-refractivity contribution is 5.78. The smallest absolute Gasteiger partial charge is 0.139 e. The van der Waals surface area contributed by atoms with Gasteiger partial charge in [0.05, 0.1) is 11.4 Å². The second-order valence-electron chi connectivity index (χ2n) is 5.44. The Morgan fingerprint density at radius 3 is 2.91 bits per heavy atom. The lowest BCUT2D eigenvalue weighted by atomic mass is 10.0. The highest BCUT2D eigenvalue weighted by Gasteiger charge is 2.18. The van der Waals surface area contributed by atoms with Crippen LogP contribution in [0.5, 0.6) is 0 Å². The molecule has 1 aliphatic rings. The predicted octanol–water partition coefficient (Wildman–Crippen LogP) is 1.87. The van der Waals surface area contributed by atoms with Gasteiger partial charge < -0.3 is 16.8 Å². The van der Waals surface area contributed by atoms with Crippen molar-refractivity contribution >= 4 is 11.3 Å². The van der Waals surface area contributed by atoms with Gasteiger partial charge in [-0.3, -0.25) is 4.57 Å². The van der Waals surface area contributed by atoms with Crippen molar-refractivity contribution < 1.29 is 0 Å². The van der Waals surface area contributed by atoms with E-state index in [0.29, 0.717) is 5.70 Å². The lowest BCUT2D eigenvalue weighted by molar-refractivity contribution is 0.866. The third-order valence-corrected chi connectivity index (χ3v) is 3.78. The van der Waals surface area contributed by atoms with E-state index in [0.717, 1.165) is 47.1 Å². The number of rotatable bonds is 3. The standard InChI is InChI=1S/C17H20N6/c1-11(19)3-4-14(10-18)13-5-6-16-15(9-13)20-8-7-17-22-21-12(2)23(16)17/h3-6,9-10,20H,1,7-8,18-19H2,2H3/b4-3-,14-10+. The van der Waals surface area contributed by atoms with Crippen molar-refractivity contribution in [1.29, 1.82) is 0 Å². The molecule has 0 spiro atoms. The molecule has 3 rings (SSSR count). The van der Waals surface area contributed by atoms with Gasteiger partial charge in [-0.25, -0.2) is 0 Å². The number of hydrogen-bond donors (Lipinski definition) is 3. The van der Waals surface area contributed by atoms with Gasteiger partial charge in [0.15, 0.2) is 0 Å².